The number of halogens is 1. The average molecular weight is 422 g/mol. The summed E-state index contributed by atoms with van der Waals surface area (Å²) >= 11 is 1.28. The second kappa shape index (κ2) is 8.44. The molecule has 1 aromatic carbocycles. The third-order valence-corrected chi connectivity index (χ3v) is 6.74. The molecule has 2 heterocycles. The third-order valence-electron chi connectivity index (χ3n) is 4.06. The van der Waals surface area contributed by atoms with E-state index in [1.54, 1.807) is 38.2 Å². The lowest BCUT2D eigenvalue weighted by atomic mass is 10.1. The van der Waals surface area contributed by atoms with E-state index in [0.29, 0.717) is 16.2 Å². The first-order valence-corrected chi connectivity index (χ1v) is 10.9. The highest BCUT2D eigenvalue weighted by molar-refractivity contribution is 7.99. The quantitative estimate of drug-likeness (QED) is 0.451. The second-order valence-corrected chi connectivity index (χ2v) is 9.06. The summed E-state index contributed by atoms with van der Waals surface area (Å²) in [5.41, 5.74) is 1.14. The molecule has 1 unspecified atom stereocenters. The highest BCUT2D eigenvalue weighted by Crippen LogP contribution is 2.29. The Morgan fingerprint density at radius 2 is 2.04 bits per heavy atom. The normalized spacial score (nSPS) is 12.9. The lowest BCUT2D eigenvalue weighted by Gasteiger charge is -2.12. The highest BCUT2D eigenvalue weighted by Gasteiger charge is 2.23. The Kier molecular flexibility index (Phi) is 6.19. The fourth-order valence-electron chi connectivity index (χ4n) is 2.63. The van der Waals surface area contributed by atoms with Crippen LogP contribution >= 0.6 is 11.8 Å². The average Bonchev–Trinajstić information content (AvgIpc) is 3.09. The minimum absolute atomic E-state index is 0.00960. The number of aliphatic hydroxyl groups is 1. The summed E-state index contributed by atoms with van der Waals surface area (Å²) in [5.74, 6) is -0.161. The number of hydrogen-bond acceptors (Lipinski definition) is 6. The van der Waals surface area contributed by atoms with E-state index in [9.17, 15) is 17.9 Å². The molecule has 0 aliphatic heterocycles. The van der Waals surface area contributed by atoms with E-state index in [-0.39, 0.29) is 16.2 Å². The van der Waals surface area contributed by atoms with Gasteiger partial charge in [-0.2, -0.15) is 0 Å². The summed E-state index contributed by atoms with van der Waals surface area (Å²) in [7, 11) is -2.36. The van der Waals surface area contributed by atoms with E-state index < -0.39 is 22.1 Å². The van der Waals surface area contributed by atoms with Crippen LogP contribution in [0.4, 0.5) is 4.39 Å². The molecule has 2 aromatic heterocycles. The molecule has 0 aliphatic rings. The van der Waals surface area contributed by atoms with Crippen LogP contribution in [0.2, 0.25) is 0 Å². The predicted octanol–water partition coefficient (Wildman–Crippen LogP) is 2.86. The Bertz CT molecular complexity index is 1080. The molecule has 3 aromatic rings. The van der Waals surface area contributed by atoms with Gasteiger partial charge < -0.3 is 5.11 Å². The molecule has 9 heteroatoms. The first-order chi connectivity index (χ1) is 13.3. The summed E-state index contributed by atoms with van der Waals surface area (Å²) in [6.45, 7) is 1.75. The van der Waals surface area contributed by atoms with Crippen molar-refractivity contribution in [2.75, 3.05) is 12.8 Å². The van der Waals surface area contributed by atoms with Crippen LogP contribution in [0.5, 0.6) is 0 Å². The van der Waals surface area contributed by atoms with Crippen LogP contribution < -0.4 is 5.32 Å². The number of nitrogens with one attached hydrogen (secondary N) is 1. The molecule has 3 rings (SSSR count). The number of thioether (sulfide) groups is 1. The molecule has 0 bridgehead atoms. The van der Waals surface area contributed by atoms with Crippen LogP contribution in [0.15, 0.2) is 64.8 Å². The van der Waals surface area contributed by atoms with E-state index in [0.717, 1.165) is 3.97 Å². The van der Waals surface area contributed by atoms with Crippen LogP contribution in [0, 0.1) is 12.7 Å². The number of benzene rings is 1. The fraction of sp³-hybridized carbons (Fsp3) is 0.211. The fourth-order valence-corrected chi connectivity index (χ4v) is 4.98. The minimum atomic E-state index is -3.98. The Hall–Kier alpha value is -2.20. The molecule has 0 saturated carbocycles. The maximum absolute atomic E-state index is 14.3. The minimum Gasteiger partial charge on any atom is -0.378 e. The summed E-state index contributed by atoms with van der Waals surface area (Å²) < 4.78 is 41.8. The number of rotatable bonds is 7. The number of pyridine rings is 1. The Morgan fingerprint density at radius 1 is 1.29 bits per heavy atom. The standard InChI is InChI=1S/C19H20FN3O3S2/c1-13-7-18(16-5-3-4-6-17(16)20)23(11-13)28(25,26)15-8-14(9-22-10-15)27-12-19(24)21-2/h3-11,19,21,24H,12H2,1-2H3. The van der Waals surface area contributed by atoms with E-state index >= 15 is 0 Å². The molecule has 0 radical (unpaired) electrons. The van der Waals surface area contributed by atoms with Crippen molar-refractivity contribution in [2.24, 2.45) is 0 Å². The molecule has 2 N–H and O–H groups in total. The van der Waals surface area contributed by atoms with Gasteiger partial charge in [-0.15, -0.1) is 11.8 Å². The van der Waals surface area contributed by atoms with Crippen LogP contribution in [-0.4, -0.2) is 41.5 Å². The van der Waals surface area contributed by atoms with Gasteiger partial charge in [0.1, 0.15) is 16.9 Å². The van der Waals surface area contributed by atoms with Crippen molar-refractivity contribution in [3.63, 3.8) is 0 Å². The topological polar surface area (TPSA) is 84.2 Å². The number of aliphatic hydroxyl groups excluding tert-OH is 1. The molecule has 28 heavy (non-hydrogen) atoms. The highest BCUT2D eigenvalue weighted by atomic mass is 32.2. The van der Waals surface area contributed by atoms with Gasteiger partial charge in [0.05, 0.1) is 5.69 Å². The van der Waals surface area contributed by atoms with Gasteiger partial charge in [-0.25, -0.2) is 16.8 Å². The van der Waals surface area contributed by atoms with Gasteiger partial charge in [0.25, 0.3) is 10.0 Å². The van der Waals surface area contributed by atoms with Crippen molar-refractivity contribution in [2.45, 2.75) is 22.9 Å². The SMILES string of the molecule is CNC(O)CSc1cncc(S(=O)(=O)n2cc(C)cc2-c2ccccc2F)c1. The lowest BCUT2D eigenvalue weighted by Crippen LogP contribution is -2.26. The maximum atomic E-state index is 14.3. The zero-order chi connectivity index (χ0) is 20.3. The van der Waals surface area contributed by atoms with Gasteiger partial charge in [0.15, 0.2) is 0 Å². The van der Waals surface area contributed by atoms with Crippen LogP contribution in [0.1, 0.15) is 5.56 Å². The molecule has 148 valence electrons. The van der Waals surface area contributed by atoms with Gasteiger partial charge in [-0.3, -0.25) is 10.3 Å². The van der Waals surface area contributed by atoms with Crippen molar-refractivity contribution < 1.29 is 17.9 Å². The van der Waals surface area contributed by atoms with Crippen molar-refractivity contribution in [3.05, 3.63) is 66.4 Å². The molecule has 0 fully saturated rings. The molecular weight excluding hydrogens is 401 g/mol. The van der Waals surface area contributed by atoms with E-state index in [2.05, 4.69) is 10.3 Å². The zero-order valence-corrected chi connectivity index (χ0v) is 17.0. The Morgan fingerprint density at radius 3 is 2.75 bits per heavy atom. The molecule has 0 aliphatic carbocycles. The summed E-state index contributed by atoms with van der Waals surface area (Å²) in [6, 6.07) is 9.17. The van der Waals surface area contributed by atoms with Crippen LogP contribution in [0.3, 0.4) is 0 Å². The van der Waals surface area contributed by atoms with Gasteiger partial charge in [0.2, 0.25) is 0 Å². The Labute approximate surface area is 167 Å². The largest absolute Gasteiger partial charge is 0.378 e. The lowest BCUT2D eigenvalue weighted by molar-refractivity contribution is 0.171. The predicted molar refractivity (Wildman–Crippen MR) is 107 cm³/mol. The van der Waals surface area contributed by atoms with Gasteiger partial charge >= 0.3 is 0 Å². The number of aromatic nitrogens is 2. The second-order valence-electron chi connectivity index (χ2n) is 6.16. The third kappa shape index (κ3) is 4.27. The molecular formula is C19H20FN3O3S2. The molecule has 0 spiro atoms. The van der Waals surface area contributed by atoms with Crippen LogP contribution in [-0.2, 0) is 10.0 Å². The molecule has 0 saturated heterocycles. The van der Waals surface area contributed by atoms with Crippen molar-refractivity contribution in [3.8, 4) is 11.3 Å². The van der Waals surface area contributed by atoms with Crippen molar-refractivity contribution in [1.29, 1.82) is 0 Å². The summed E-state index contributed by atoms with van der Waals surface area (Å²) in [5, 5.41) is 12.3. The number of aryl methyl sites for hydroxylation is 1. The Balaban J connectivity index is 2.02. The first kappa shape index (κ1) is 20.5. The number of hydrogen-bond donors (Lipinski definition) is 2. The van der Waals surface area contributed by atoms with E-state index in [4.69, 9.17) is 0 Å². The van der Waals surface area contributed by atoms with Gasteiger partial charge in [0, 0.05) is 34.8 Å². The first-order valence-electron chi connectivity index (χ1n) is 8.45. The molecule has 0 amide bonds. The monoisotopic (exact) mass is 421 g/mol. The molecule has 1 atom stereocenters. The number of nitrogens with zero attached hydrogens (tertiary/aromatic N) is 2. The van der Waals surface area contributed by atoms with Crippen molar-refractivity contribution in [1.82, 2.24) is 14.3 Å². The molecule has 6 nitrogen and oxygen atoms in total. The van der Waals surface area contributed by atoms with Crippen LogP contribution in [0.25, 0.3) is 11.3 Å². The maximum Gasteiger partial charge on any atom is 0.269 e. The van der Waals surface area contributed by atoms with Gasteiger partial charge in [-0.1, -0.05) is 12.1 Å². The van der Waals surface area contributed by atoms with E-state index in [1.165, 1.54) is 42.5 Å². The summed E-state index contributed by atoms with van der Waals surface area (Å²) in [6.07, 6.45) is 3.53. The van der Waals surface area contributed by atoms with E-state index in [1.807, 2.05) is 0 Å². The van der Waals surface area contributed by atoms with Crippen molar-refractivity contribution >= 4 is 21.8 Å². The van der Waals surface area contributed by atoms with Gasteiger partial charge in [-0.05, 0) is 43.8 Å². The zero-order valence-electron chi connectivity index (χ0n) is 15.3. The summed E-state index contributed by atoms with van der Waals surface area (Å²) in [4.78, 5) is 4.61. The smallest absolute Gasteiger partial charge is 0.269 e.